The fourth-order valence-electron chi connectivity index (χ4n) is 1.35. The number of rotatable bonds is 3. The van der Waals surface area contributed by atoms with E-state index in [-0.39, 0.29) is 11.5 Å². The van der Waals surface area contributed by atoms with Gasteiger partial charge in [-0.25, -0.2) is 0 Å². The summed E-state index contributed by atoms with van der Waals surface area (Å²) >= 11 is 0. The number of hydrogen-bond donors (Lipinski definition) is 1. The Morgan fingerprint density at radius 1 is 0.800 bits per heavy atom. The van der Waals surface area contributed by atoms with E-state index in [1.54, 1.807) is 12.1 Å². The number of aromatic hydroxyl groups is 1. The lowest BCUT2D eigenvalue weighted by atomic mass is 10.3. The molecule has 2 aromatic carbocycles. The minimum absolute atomic E-state index is 0.109. The van der Waals surface area contributed by atoms with Gasteiger partial charge < -0.3 is 9.84 Å². The predicted molar refractivity (Wildman–Crippen MR) is 65.4 cm³/mol. The molecule has 0 aromatic heterocycles. The number of benzene rings is 2. The SMILES string of the molecule is Oc1ccc(N=Nc2ccc(OC(F)(F)F)cc2)cc1. The average molecular weight is 282 g/mol. The largest absolute Gasteiger partial charge is 0.573 e. The first-order valence-corrected chi connectivity index (χ1v) is 5.49. The monoisotopic (exact) mass is 282 g/mol. The van der Waals surface area contributed by atoms with E-state index in [9.17, 15) is 13.2 Å². The van der Waals surface area contributed by atoms with Crippen molar-refractivity contribution in [1.82, 2.24) is 0 Å². The standard InChI is InChI=1S/C13H9F3N2O2/c14-13(15,16)20-12-7-3-10(4-8-12)18-17-9-1-5-11(19)6-2-9/h1-8,19H. The van der Waals surface area contributed by atoms with Crippen LogP contribution in [0.5, 0.6) is 11.5 Å². The Balaban J connectivity index is 2.05. The molecule has 0 saturated heterocycles. The molecule has 0 aliphatic carbocycles. The maximum Gasteiger partial charge on any atom is 0.573 e. The molecule has 0 bridgehead atoms. The molecule has 0 atom stereocenters. The van der Waals surface area contributed by atoms with Crippen LogP contribution < -0.4 is 4.74 Å². The second-order valence-electron chi connectivity index (χ2n) is 3.76. The minimum Gasteiger partial charge on any atom is -0.508 e. The number of azo groups is 1. The van der Waals surface area contributed by atoms with E-state index in [1.807, 2.05) is 0 Å². The molecule has 0 radical (unpaired) electrons. The van der Waals surface area contributed by atoms with Crippen molar-refractivity contribution < 1.29 is 23.0 Å². The Labute approximate surface area is 112 Å². The van der Waals surface area contributed by atoms with Crippen LogP contribution in [0, 0.1) is 0 Å². The highest BCUT2D eigenvalue weighted by Gasteiger charge is 2.30. The van der Waals surface area contributed by atoms with E-state index < -0.39 is 6.36 Å². The molecule has 0 aliphatic rings. The second-order valence-corrected chi connectivity index (χ2v) is 3.76. The number of alkyl halides is 3. The third kappa shape index (κ3) is 4.27. The Morgan fingerprint density at radius 2 is 1.25 bits per heavy atom. The lowest BCUT2D eigenvalue weighted by Gasteiger charge is -2.07. The number of nitrogens with zero attached hydrogens (tertiary/aromatic N) is 2. The van der Waals surface area contributed by atoms with E-state index in [0.717, 1.165) is 12.1 Å². The van der Waals surface area contributed by atoms with Crippen molar-refractivity contribution in [3.05, 3.63) is 48.5 Å². The molecule has 1 N–H and O–H groups in total. The maximum absolute atomic E-state index is 12.0. The van der Waals surface area contributed by atoms with Crippen LogP contribution >= 0.6 is 0 Å². The topological polar surface area (TPSA) is 54.2 Å². The zero-order valence-electron chi connectivity index (χ0n) is 10.0. The number of phenolic OH excluding ortho intramolecular Hbond substituents is 1. The van der Waals surface area contributed by atoms with Gasteiger partial charge in [0.25, 0.3) is 0 Å². The molecule has 2 rings (SSSR count). The summed E-state index contributed by atoms with van der Waals surface area (Å²) < 4.78 is 39.6. The Kier molecular flexibility index (Phi) is 3.88. The molecule has 0 aliphatic heterocycles. The maximum atomic E-state index is 12.0. The van der Waals surface area contributed by atoms with E-state index in [4.69, 9.17) is 5.11 Å². The summed E-state index contributed by atoms with van der Waals surface area (Å²) in [5.41, 5.74) is 0.894. The molecular weight excluding hydrogens is 273 g/mol. The molecule has 4 nitrogen and oxygen atoms in total. The molecule has 7 heteroatoms. The Morgan fingerprint density at radius 3 is 1.70 bits per heavy atom. The van der Waals surface area contributed by atoms with Crippen LogP contribution in [0.25, 0.3) is 0 Å². The molecule has 0 unspecified atom stereocenters. The van der Waals surface area contributed by atoms with Gasteiger partial charge in [0, 0.05) is 0 Å². The number of ether oxygens (including phenoxy) is 1. The molecular formula is C13H9F3N2O2. The highest BCUT2D eigenvalue weighted by atomic mass is 19.4. The van der Waals surface area contributed by atoms with Gasteiger partial charge >= 0.3 is 6.36 Å². The van der Waals surface area contributed by atoms with Gasteiger partial charge in [-0.3, -0.25) is 0 Å². The van der Waals surface area contributed by atoms with Crippen LogP contribution in [0.1, 0.15) is 0 Å². The van der Waals surface area contributed by atoms with Crippen molar-refractivity contribution in [3.63, 3.8) is 0 Å². The highest BCUT2D eigenvalue weighted by molar-refractivity contribution is 5.43. The van der Waals surface area contributed by atoms with Crippen molar-refractivity contribution in [3.8, 4) is 11.5 Å². The van der Waals surface area contributed by atoms with Gasteiger partial charge in [0.1, 0.15) is 11.5 Å². The number of phenols is 1. The molecule has 0 heterocycles. The summed E-state index contributed by atoms with van der Waals surface area (Å²) in [4.78, 5) is 0. The first kappa shape index (κ1) is 13.9. The Hall–Kier alpha value is -2.57. The van der Waals surface area contributed by atoms with Gasteiger partial charge in [0.05, 0.1) is 11.4 Å². The number of hydrogen-bond acceptors (Lipinski definition) is 4. The van der Waals surface area contributed by atoms with Crippen molar-refractivity contribution >= 4 is 11.4 Å². The summed E-state index contributed by atoms with van der Waals surface area (Å²) in [5, 5.41) is 16.8. The van der Waals surface area contributed by atoms with Gasteiger partial charge in [-0.05, 0) is 48.5 Å². The van der Waals surface area contributed by atoms with Crippen molar-refractivity contribution in [2.24, 2.45) is 10.2 Å². The quantitative estimate of drug-likeness (QED) is 0.829. The lowest BCUT2D eigenvalue weighted by molar-refractivity contribution is -0.274. The first-order chi connectivity index (χ1) is 9.42. The second kappa shape index (κ2) is 5.60. The Bertz CT molecular complexity index is 593. The van der Waals surface area contributed by atoms with Crippen molar-refractivity contribution in [2.45, 2.75) is 6.36 Å². The molecule has 2 aromatic rings. The third-order valence-corrected chi connectivity index (χ3v) is 2.20. The summed E-state index contributed by atoms with van der Waals surface area (Å²) in [6, 6.07) is 11.0. The first-order valence-electron chi connectivity index (χ1n) is 5.49. The van der Waals surface area contributed by atoms with Gasteiger partial charge in [-0.1, -0.05) is 0 Å². The molecule has 104 valence electrons. The summed E-state index contributed by atoms with van der Waals surface area (Å²) in [7, 11) is 0. The van der Waals surface area contributed by atoms with Crippen LogP contribution in [0.15, 0.2) is 58.8 Å². The van der Waals surface area contributed by atoms with Crippen LogP contribution in [0.4, 0.5) is 24.5 Å². The number of halogens is 3. The fourth-order valence-corrected chi connectivity index (χ4v) is 1.35. The summed E-state index contributed by atoms with van der Waals surface area (Å²) in [6.45, 7) is 0. The molecule has 20 heavy (non-hydrogen) atoms. The van der Waals surface area contributed by atoms with E-state index in [1.165, 1.54) is 24.3 Å². The van der Waals surface area contributed by atoms with E-state index in [2.05, 4.69) is 15.0 Å². The van der Waals surface area contributed by atoms with Crippen LogP contribution in [-0.4, -0.2) is 11.5 Å². The lowest BCUT2D eigenvalue weighted by Crippen LogP contribution is -2.16. The molecule has 0 amide bonds. The van der Waals surface area contributed by atoms with Gasteiger partial charge in [-0.15, -0.1) is 13.2 Å². The van der Waals surface area contributed by atoms with Gasteiger partial charge in [0.2, 0.25) is 0 Å². The van der Waals surface area contributed by atoms with Crippen molar-refractivity contribution in [1.29, 1.82) is 0 Å². The summed E-state index contributed by atoms with van der Waals surface area (Å²) in [6.07, 6.45) is -4.71. The van der Waals surface area contributed by atoms with Gasteiger partial charge in [-0.2, -0.15) is 10.2 Å². The average Bonchev–Trinajstić information content (AvgIpc) is 2.38. The van der Waals surface area contributed by atoms with E-state index >= 15 is 0 Å². The minimum atomic E-state index is -4.71. The fraction of sp³-hybridized carbons (Fsp3) is 0.0769. The summed E-state index contributed by atoms with van der Waals surface area (Å²) in [5.74, 6) is -0.210. The predicted octanol–water partition coefficient (Wildman–Crippen LogP) is 4.71. The van der Waals surface area contributed by atoms with E-state index in [0.29, 0.717) is 11.4 Å². The highest BCUT2D eigenvalue weighted by Crippen LogP contribution is 2.26. The normalized spacial score (nSPS) is 11.8. The molecule has 0 spiro atoms. The van der Waals surface area contributed by atoms with Crippen LogP contribution in [0.2, 0.25) is 0 Å². The third-order valence-electron chi connectivity index (χ3n) is 2.20. The zero-order valence-corrected chi connectivity index (χ0v) is 10.0. The molecule has 0 fully saturated rings. The smallest absolute Gasteiger partial charge is 0.508 e. The van der Waals surface area contributed by atoms with Crippen LogP contribution in [0.3, 0.4) is 0 Å². The van der Waals surface area contributed by atoms with Crippen LogP contribution in [-0.2, 0) is 0 Å². The molecule has 0 saturated carbocycles. The zero-order chi connectivity index (χ0) is 14.6. The van der Waals surface area contributed by atoms with Crippen molar-refractivity contribution in [2.75, 3.05) is 0 Å². The van der Waals surface area contributed by atoms with Gasteiger partial charge in [0.15, 0.2) is 0 Å².